The molecule has 0 nitrogen and oxygen atoms in total. The Morgan fingerprint density at radius 1 is 1.18 bits per heavy atom. The fourth-order valence-electron chi connectivity index (χ4n) is 1.85. The smallest absolute Gasteiger partial charge is 0.0584 e. The highest BCUT2D eigenvalue weighted by atomic mass is 79.9. The van der Waals surface area contributed by atoms with Crippen LogP contribution in [0.15, 0.2) is 27.4 Å². The van der Waals surface area contributed by atoms with E-state index in [0.717, 1.165) is 0 Å². The SMILES string of the molecule is CCCCCCc1csc(-c2sccc2Br)c1. The lowest BCUT2D eigenvalue weighted by molar-refractivity contribution is 0.667. The number of unbranched alkanes of at least 4 members (excludes halogenated alkanes) is 3. The molecule has 17 heavy (non-hydrogen) atoms. The zero-order valence-corrected chi connectivity index (χ0v) is 13.3. The second-order valence-corrected chi connectivity index (χ2v) is 6.91. The number of hydrogen-bond donors (Lipinski definition) is 0. The molecule has 0 amide bonds. The first-order valence-corrected chi connectivity index (χ1v) is 8.67. The van der Waals surface area contributed by atoms with Gasteiger partial charge in [0.25, 0.3) is 0 Å². The quantitative estimate of drug-likeness (QED) is 0.541. The summed E-state index contributed by atoms with van der Waals surface area (Å²) >= 11 is 7.28. The molecule has 0 saturated carbocycles. The third-order valence-electron chi connectivity index (χ3n) is 2.81. The van der Waals surface area contributed by atoms with E-state index in [-0.39, 0.29) is 0 Å². The van der Waals surface area contributed by atoms with Gasteiger partial charge in [-0.15, -0.1) is 22.7 Å². The lowest BCUT2D eigenvalue weighted by atomic mass is 10.1. The number of aryl methyl sites for hydroxylation is 1. The average molecular weight is 329 g/mol. The van der Waals surface area contributed by atoms with Crippen molar-refractivity contribution in [3.8, 4) is 9.75 Å². The van der Waals surface area contributed by atoms with Crippen molar-refractivity contribution in [2.75, 3.05) is 0 Å². The molecule has 0 fully saturated rings. The summed E-state index contributed by atoms with van der Waals surface area (Å²) in [7, 11) is 0. The minimum atomic E-state index is 1.22. The van der Waals surface area contributed by atoms with Crippen LogP contribution in [-0.2, 0) is 6.42 Å². The van der Waals surface area contributed by atoms with Crippen LogP contribution >= 0.6 is 38.6 Å². The minimum Gasteiger partial charge on any atom is -0.143 e. The van der Waals surface area contributed by atoms with E-state index in [1.165, 1.54) is 51.9 Å². The van der Waals surface area contributed by atoms with Crippen LogP contribution in [0.5, 0.6) is 0 Å². The summed E-state index contributed by atoms with van der Waals surface area (Å²) < 4.78 is 1.22. The molecular formula is C14H17BrS2. The van der Waals surface area contributed by atoms with Crippen LogP contribution in [0.1, 0.15) is 38.2 Å². The van der Waals surface area contributed by atoms with Crippen LogP contribution in [0.25, 0.3) is 9.75 Å². The average Bonchev–Trinajstić information content (AvgIpc) is 2.93. The second-order valence-electron chi connectivity index (χ2n) is 4.23. The third-order valence-corrected chi connectivity index (χ3v) is 5.81. The van der Waals surface area contributed by atoms with E-state index in [4.69, 9.17) is 0 Å². The molecule has 0 aliphatic rings. The third kappa shape index (κ3) is 3.67. The molecule has 0 aliphatic heterocycles. The molecule has 92 valence electrons. The Kier molecular flexibility index (Phi) is 5.26. The summed E-state index contributed by atoms with van der Waals surface area (Å²) in [6.07, 6.45) is 6.62. The Bertz CT molecular complexity index is 456. The van der Waals surface area contributed by atoms with Crippen molar-refractivity contribution in [1.82, 2.24) is 0 Å². The molecule has 2 heterocycles. The Morgan fingerprint density at radius 2 is 2.06 bits per heavy atom. The monoisotopic (exact) mass is 328 g/mol. The number of thiophene rings is 2. The van der Waals surface area contributed by atoms with Gasteiger partial charge in [-0.1, -0.05) is 26.2 Å². The molecule has 0 atom stereocenters. The standard InChI is InChI=1S/C14H17BrS2/c1-2-3-4-5-6-11-9-13(17-10-11)14-12(15)7-8-16-14/h7-10H,2-6H2,1H3. The lowest BCUT2D eigenvalue weighted by Gasteiger charge is -1.97. The molecule has 3 heteroatoms. The van der Waals surface area contributed by atoms with Gasteiger partial charge in [0.1, 0.15) is 0 Å². The van der Waals surface area contributed by atoms with Gasteiger partial charge in [-0.25, -0.2) is 0 Å². The van der Waals surface area contributed by atoms with Gasteiger partial charge in [-0.2, -0.15) is 0 Å². The summed E-state index contributed by atoms with van der Waals surface area (Å²) in [6, 6.07) is 4.48. The largest absolute Gasteiger partial charge is 0.143 e. The van der Waals surface area contributed by atoms with E-state index in [9.17, 15) is 0 Å². The van der Waals surface area contributed by atoms with Gasteiger partial charge >= 0.3 is 0 Å². The van der Waals surface area contributed by atoms with E-state index in [2.05, 4.69) is 45.7 Å². The maximum atomic E-state index is 3.60. The van der Waals surface area contributed by atoms with E-state index in [0.29, 0.717) is 0 Å². The Labute approximate surface area is 120 Å². The van der Waals surface area contributed by atoms with Crippen molar-refractivity contribution in [1.29, 1.82) is 0 Å². The van der Waals surface area contributed by atoms with Crippen LogP contribution in [0.2, 0.25) is 0 Å². The highest BCUT2D eigenvalue weighted by Crippen LogP contribution is 2.37. The molecule has 0 radical (unpaired) electrons. The van der Waals surface area contributed by atoms with Crippen LogP contribution in [0.4, 0.5) is 0 Å². The van der Waals surface area contributed by atoms with Crippen molar-refractivity contribution in [3.63, 3.8) is 0 Å². The number of hydrogen-bond acceptors (Lipinski definition) is 2. The zero-order valence-electron chi connectivity index (χ0n) is 10.0. The van der Waals surface area contributed by atoms with Gasteiger partial charge in [0.2, 0.25) is 0 Å². The zero-order chi connectivity index (χ0) is 12.1. The fraction of sp³-hybridized carbons (Fsp3) is 0.429. The van der Waals surface area contributed by atoms with E-state index < -0.39 is 0 Å². The second kappa shape index (κ2) is 6.72. The first-order valence-electron chi connectivity index (χ1n) is 6.12. The fourth-order valence-corrected chi connectivity index (χ4v) is 4.67. The minimum absolute atomic E-state index is 1.22. The first kappa shape index (κ1) is 13.3. The van der Waals surface area contributed by atoms with E-state index >= 15 is 0 Å². The summed E-state index contributed by atoms with van der Waals surface area (Å²) in [5.41, 5.74) is 1.50. The van der Waals surface area contributed by atoms with Crippen molar-refractivity contribution in [2.24, 2.45) is 0 Å². The summed E-state index contributed by atoms with van der Waals surface area (Å²) in [5.74, 6) is 0. The van der Waals surface area contributed by atoms with Crippen LogP contribution in [0, 0.1) is 0 Å². The first-order chi connectivity index (χ1) is 8.31. The van der Waals surface area contributed by atoms with Crippen LogP contribution in [-0.4, -0.2) is 0 Å². The summed E-state index contributed by atoms with van der Waals surface area (Å²) in [5, 5.41) is 4.45. The maximum absolute atomic E-state index is 3.60. The molecule has 2 rings (SSSR count). The van der Waals surface area contributed by atoms with E-state index in [1.54, 1.807) is 0 Å². The lowest BCUT2D eigenvalue weighted by Crippen LogP contribution is -1.82. The molecule has 2 aromatic rings. The number of rotatable bonds is 6. The van der Waals surface area contributed by atoms with Crippen molar-refractivity contribution >= 4 is 38.6 Å². The van der Waals surface area contributed by atoms with Gasteiger partial charge < -0.3 is 0 Å². The molecule has 0 aliphatic carbocycles. The number of halogens is 1. The summed E-state index contributed by atoms with van der Waals surface area (Å²) in [6.45, 7) is 2.26. The van der Waals surface area contributed by atoms with Gasteiger partial charge in [0.15, 0.2) is 0 Å². The molecule has 0 spiro atoms. The van der Waals surface area contributed by atoms with Gasteiger partial charge in [-0.3, -0.25) is 0 Å². The Hall–Kier alpha value is -0.120. The highest BCUT2D eigenvalue weighted by molar-refractivity contribution is 9.10. The molecular weight excluding hydrogens is 312 g/mol. The van der Waals surface area contributed by atoms with Crippen LogP contribution in [0.3, 0.4) is 0 Å². The highest BCUT2D eigenvalue weighted by Gasteiger charge is 2.07. The molecule has 2 aromatic heterocycles. The molecule has 0 N–H and O–H groups in total. The molecule has 0 saturated heterocycles. The van der Waals surface area contributed by atoms with Crippen molar-refractivity contribution in [3.05, 3.63) is 32.9 Å². The van der Waals surface area contributed by atoms with Crippen LogP contribution < -0.4 is 0 Å². The molecule has 0 bridgehead atoms. The normalized spacial score (nSPS) is 10.9. The molecule has 0 aromatic carbocycles. The Balaban J connectivity index is 1.95. The van der Waals surface area contributed by atoms with Crippen molar-refractivity contribution < 1.29 is 0 Å². The topological polar surface area (TPSA) is 0 Å². The predicted molar refractivity (Wildman–Crippen MR) is 83.2 cm³/mol. The van der Waals surface area contributed by atoms with Gasteiger partial charge in [0.05, 0.1) is 4.88 Å². The van der Waals surface area contributed by atoms with Gasteiger partial charge in [0, 0.05) is 9.35 Å². The predicted octanol–water partition coefficient (Wildman–Crippen LogP) is 6.36. The maximum Gasteiger partial charge on any atom is 0.0584 e. The van der Waals surface area contributed by atoms with E-state index in [1.807, 2.05) is 22.7 Å². The van der Waals surface area contributed by atoms with Crippen molar-refractivity contribution in [2.45, 2.75) is 39.0 Å². The van der Waals surface area contributed by atoms with Gasteiger partial charge in [-0.05, 0) is 57.2 Å². The molecule has 0 unspecified atom stereocenters. The Morgan fingerprint density at radius 3 is 2.76 bits per heavy atom. The summed E-state index contributed by atoms with van der Waals surface area (Å²) in [4.78, 5) is 2.77.